The molecule has 0 saturated heterocycles. The van der Waals surface area contributed by atoms with E-state index in [-0.39, 0.29) is 11.9 Å². The van der Waals surface area contributed by atoms with E-state index < -0.39 is 0 Å². The molecular formula is C15H22N2O. The minimum atomic E-state index is -0.00185. The lowest BCUT2D eigenvalue weighted by molar-refractivity contribution is 0.0874. The molecule has 1 aromatic heterocycles. The number of rotatable bonds is 2. The van der Waals surface area contributed by atoms with E-state index in [1.807, 2.05) is 0 Å². The quantitative estimate of drug-likeness (QED) is 0.871. The van der Waals surface area contributed by atoms with Crippen LogP contribution < -0.4 is 5.32 Å². The predicted molar refractivity (Wildman–Crippen MR) is 72.3 cm³/mol. The van der Waals surface area contributed by atoms with Crippen molar-refractivity contribution in [3.05, 3.63) is 30.1 Å². The Bertz CT molecular complexity index is 414. The molecule has 1 amide bonds. The fourth-order valence-corrected chi connectivity index (χ4v) is 3.22. The zero-order chi connectivity index (χ0) is 13.2. The molecule has 1 aromatic rings. The van der Waals surface area contributed by atoms with Crippen molar-refractivity contribution < 1.29 is 4.79 Å². The van der Waals surface area contributed by atoms with E-state index in [4.69, 9.17) is 0 Å². The van der Waals surface area contributed by atoms with Gasteiger partial charge in [0.15, 0.2) is 0 Å². The summed E-state index contributed by atoms with van der Waals surface area (Å²) < 4.78 is 0. The normalized spacial score (nSPS) is 26.6. The molecule has 0 bridgehead atoms. The number of carbonyl (C=O) groups is 1. The molecular weight excluding hydrogens is 224 g/mol. The maximum atomic E-state index is 12.1. The monoisotopic (exact) mass is 246 g/mol. The minimum Gasteiger partial charge on any atom is -0.349 e. The summed E-state index contributed by atoms with van der Waals surface area (Å²) in [4.78, 5) is 16.1. The molecule has 0 unspecified atom stereocenters. The second-order valence-electron chi connectivity index (χ2n) is 6.33. The van der Waals surface area contributed by atoms with Gasteiger partial charge in [-0.2, -0.15) is 0 Å². The third-order valence-electron chi connectivity index (χ3n) is 3.65. The average molecular weight is 246 g/mol. The molecule has 3 nitrogen and oxygen atoms in total. The van der Waals surface area contributed by atoms with E-state index in [9.17, 15) is 4.79 Å². The number of carbonyl (C=O) groups excluding carboxylic acids is 1. The number of hydrogen-bond donors (Lipinski definition) is 1. The van der Waals surface area contributed by atoms with Crippen molar-refractivity contribution in [2.24, 2.45) is 11.3 Å². The molecule has 0 aromatic carbocycles. The largest absolute Gasteiger partial charge is 0.349 e. The van der Waals surface area contributed by atoms with Gasteiger partial charge in [-0.15, -0.1) is 0 Å². The van der Waals surface area contributed by atoms with Crippen molar-refractivity contribution in [3.8, 4) is 0 Å². The zero-order valence-corrected chi connectivity index (χ0v) is 11.4. The van der Waals surface area contributed by atoms with E-state index >= 15 is 0 Å². The molecule has 2 rings (SSSR count). The Kier molecular flexibility index (Phi) is 3.69. The lowest BCUT2D eigenvalue weighted by Gasteiger charge is -2.39. The zero-order valence-electron chi connectivity index (χ0n) is 11.4. The maximum Gasteiger partial charge on any atom is 0.253 e. The summed E-state index contributed by atoms with van der Waals surface area (Å²) in [5, 5.41) is 3.14. The molecule has 3 heteroatoms. The summed E-state index contributed by atoms with van der Waals surface area (Å²) in [6.45, 7) is 6.84. The Labute approximate surface area is 109 Å². The van der Waals surface area contributed by atoms with E-state index in [0.29, 0.717) is 16.9 Å². The van der Waals surface area contributed by atoms with E-state index in [0.717, 1.165) is 12.8 Å². The third-order valence-corrected chi connectivity index (χ3v) is 3.65. The molecule has 0 aliphatic heterocycles. The second-order valence-corrected chi connectivity index (χ2v) is 6.33. The van der Waals surface area contributed by atoms with Gasteiger partial charge in [-0.25, -0.2) is 0 Å². The highest BCUT2D eigenvalue weighted by Gasteiger charge is 2.32. The summed E-state index contributed by atoms with van der Waals surface area (Å²) >= 11 is 0. The van der Waals surface area contributed by atoms with Crippen molar-refractivity contribution in [2.45, 2.75) is 46.1 Å². The first-order chi connectivity index (χ1) is 8.46. The Morgan fingerprint density at radius 3 is 2.83 bits per heavy atom. The van der Waals surface area contributed by atoms with Gasteiger partial charge in [-0.05, 0) is 42.7 Å². The van der Waals surface area contributed by atoms with Crippen LogP contribution in [0.25, 0.3) is 0 Å². The highest BCUT2D eigenvalue weighted by atomic mass is 16.1. The molecule has 2 atom stereocenters. The number of amides is 1. The highest BCUT2D eigenvalue weighted by Crippen LogP contribution is 2.38. The van der Waals surface area contributed by atoms with Gasteiger partial charge in [0.2, 0.25) is 0 Å². The molecule has 98 valence electrons. The standard InChI is InChI=1S/C15H22N2O/c1-11-7-13(9-15(2,3)8-11)17-14(18)12-5-4-6-16-10-12/h4-6,10-11,13H,7-9H2,1-3H3,(H,17,18)/t11-,13+/m0/s1. The SMILES string of the molecule is C[C@H]1C[C@@H](NC(=O)c2cccnc2)CC(C)(C)C1. The van der Waals surface area contributed by atoms with Crippen LogP contribution in [0.5, 0.6) is 0 Å². The number of nitrogens with zero attached hydrogens (tertiary/aromatic N) is 1. The fraction of sp³-hybridized carbons (Fsp3) is 0.600. The summed E-state index contributed by atoms with van der Waals surface area (Å²) in [7, 11) is 0. The van der Waals surface area contributed by atoms with Gasteiger partial charge in [0.25, 0.3) is 5.91 Å². The summed E-state index contributed by atoms with van der Waals surface area (Å²) in [5.41, 5.74) is 0.971. The van der Waals surface area contributed by atoms with Crippen molar-refractivity contribution in [1.82, 2.24) is 10.3 Å². The Balaban J connectivity index is 1.99. The van der Waals surface area contributed by atoms with Crippen molar-refractivity contribution in [1.29, 1.82) is 0 Å². The summed E-state index contributed by atoms with van der Waals surface area (Å²) in [6.07, 6.45) is 6.68. The molecule has 0 radical (unpaired) electrons. The predicted octanol–water partition coefficient (Wildman–Crippen LogP) is 3.03. The number of pyridine rings is 1. The molecule has 18 heavy (non-hydrogen) atoms. The van der Waals surface area contributed by atoms with Gasteiger partial charge in [-0.1, -0.05) is 20.8 Å². The lowest BCUT2D eigenvalue weighted by atomic mass is 9.70. The van der Waals surface area contributed by atoms with Crippen molar-refractivity contribution in [2.75, 3.05) is 0 Å². The van der Waals surface area contributed by atoms with Crippen LogP contribution in [-0.4, -0.2) is 16.9 Å². The summed E-state index contributed by atoms with van der Waals surface area (Å²) in [6, 6.07) is 3.89. The first kappa shape index (κ1) is 13.1. The minimum absolute atomic E-state index is 0.00185. The first-order valence-corrected chi connectivity index (χ1v) is 6.67. The van der Waals surface area contributed by atoms with Crippen LogP contribution in [0.4, 0.5) is 0 Å². The van der Waals surface area contributed by atoms with Crippen LogP contribution in [0, 0.1) is 11.3 Å². The van der Waals surface area contributed by atoms with Gasteiger partial charge >= 0.3 is 0 Å². The smallest absolute Gasteiger partial charge is 0.253 e. The number of hydrogen-bond acceptors (Lipinski definition) is 2. The second kappa shape index (κ2) is 5.09. The van der Waals surface area contributed by atoms with Gasteiger partial charge in [0.05, 0.1) is 5.56 Å². The van der Waals surface area contributed by atoms with Gasteiger partial charge in [0.1, 0.15) is 0 Å². The molecule has 1 aliphatic carbocycles. The average Bonchev–Trinajstić information content (AvgIpc) is 2.27. The van der Waals surface area contributed by atoms with Crippen LogP contribution in [0.15, 0.2) is 24.5 Å². The van der Waals surface area contributed by atoms with Crippen LogP contribution in [0.2, 0.25) is 0 Å². The van der Waals surface area contributed by atoms with Gasteiger partial charge in [0, 0.05) is 18.4 Å². The Morgan fingerprint density at radius 1 is 1.44 bits per heavy atom. The van der Waals surface area contributed by atoms with E-state index in [1.54, 1.807) is 24.5 Å². The molecule has 1 heterocycles. The summed E-state index contributed by atoms with van der Waals surface area (Å²) in [5.74, 6) is 0.672. The van der Waals surface area contributed by atoms with Crippen molar-refractivity contribution in [3.63, 3.8) is 0 Å². The third kappa shape index (κ3) is 3.31. The van der Waals surface area contributed by atoms with Crippen molar-refractivity contribution >= 4 is 5.91 Å². The van der Waals surface area contributed by atoms with Crippen LogP contribution >= 0.6 is 0 Å². The number of nitrogens with one attached hydrogen (secondary N) is 1. The van der Waals surface area contributed by atoms with E-state index in [1.165, 1.54) is 6.42 Å². The molecule has 1 N–H and O–H groups in total. The number of aromatic nitrogens is 1. The van der Waals surface area contributed by atoms with E-state index in [2.05, 4.69) is 31.1 Å². The Hall–Kier alpha value is -1.38. The molecule has 1 aliphatic rings. The highest BCUT2D eigenvalue weighted by molar-refractivity contribution is 5.94. The molecule has 1 fully saturated rings. The van der Waals surface area contributed by atoms with Crippen LogP contribution in [0.3, 0.4) is 0 Å². The topological polar surface area (TPSA) is 42.0 Å². The lowest BCUT2D eigenvalue weighted by Crippen LogP contribution is -2.43. The van der Waals surface area contributed by atoms with Crippen LogP contribution in [0.1, 0.15) is 50.4 Å². The molecule has 0 spiro atoms. The molecule has 1 saturated carbocycles. The van der Waals surface area contributed by atoms with Crippen LogP contribution in [-0.2, 0) is 0 Å². The Morgan fingerprint density at radius 2 is 2.22 bits per heavy atom. The fourth-order valence-electron chi connectivity index (χ4n) is 3.22. The first-order valence-electron chi connectivity index (χ1n) is 6.67. The van der Waals surface area contributed by atoms with Gasteiger partial charge < -0.3 is 5.32 Å². The maximum absolute atomic E-state index is 12.1. The van der Waals surface area contributed by atoms with Gasteiger partial charge in [-0.3, -0.25) is 9.78 Å².